The Morgan fingerprint density at radius 2 is 1.94 bits per heavy atom. The van der Waals surface area contributed by atoms with Gasteiger partial charge in [-0.2, -0.15) is 0 Å². The van der Waals surface area contributed by atoms with E-state index in [-0.39, 0.29) is 17.9 Å². The van der Waals surface area contributed by atoms with Gasteiger partial charge in [0.2, 0.25) is 0 Å². The van der Waals surface area contributed by atoms with Crippen LogP contribution >= 0.6 is 23.7 Å². The molecule has 18 heavy (non-hydrogen) atoms. The van der Waals surface area contributed by atoms with Crippen molar-refractivity contribution in [1.29, 1.82) is 0 Å². The topological polar surface area (TPSA) is 26.0 Å². The van der Waals surface area contributed by atoms with Crippen molar-refractivity contribution >= 4 is 23.7 Å². The van der Waals surface area contributed by atoms with Gasteiger partial charge in [-0.05, 0) is 60.8 Å². The van der Waals surface area contributed by atoms with E-state index in [1.807, 2.05) is 11.3 Å². The molecular weight excluding hydrogens is 262 g/mol. The Kier molecular flexibility index (Phi) is 3.84. The summed E-state index contributed by atoms with van der Waals surface area (Å²) in [5.41, 5.74) is 7.35. The Bertz CT molecular complexity index is 399. The van der Waals surface area contributed by atoms with E-state index in [0.717, 1.165) is 11.8 Å². The SMILES string of the molecule is CCC1(CC)[C@H]2CC[C@H](C2)[C@]1(N)c1cccs1.Cl. The highest BCUT2D eigenvalue weighted by atomic mass is 35.5. The Hall–Kier alpha value is -0.0500. The molecule has 2 aliphatic carbocycles. The first-order valence-electron chi connectivity index (χ1n) is 7.02. The molecule has 0 unspecified atom stereocenters. The minimum atomic E-state index is -0.0341. The smallest absolute Gasteiger partial charge is 0.0591 e. The summed E-state index contributed by atoms with van der Waals surface area (Å²) in [4.78, 5) is 1.44. The predicted octanol–water partition coefficient (Wildman–Crippen LogP) is 4.56. The van der Waals surface area contributed by atoms with Crippen LogP contribution in [-0.4, -0.2) is 0 Å². The molecule has 3 heteroatoms. The second-order valence-corrected chi connectivity index (χ2v) is 6.86. The highest BCUT2D eigenvalue weighted by Crippen LogP contribution is 2.67. The minimum Gasteiger partial charge on any atom is -0.320 e. The van der Waals surface area contributed by atoms with E-state index < -0.39 is 0 Å². The van der Waals surface area contributed by atoms with Gasteiger partial charge in [0.05, 0.1) is 5.54 Å². The number of nitrogens with two attached hydrogens (primary N) is 1. The maximum atomic E-state index is 7.02. The van der Waals surface area contributed by atoms with Gasteiger partial charge in [-0.25, -0.2) is 0 Å². The molecule has 2 bridgehead atoms. The number of rotatable bonds is 3. The number of halogens is 1. The molecule has 1 nitrogen and oxygen atoms in total. The summed E-state index contributed by atoms with van der Waals surface area (Å²) in [7, 11) is 0. The third-order valence-corrected chi connectivity index (χ3v) is 6.89. The molecule has 2 fully saturated rings. The normalized spacial score (nSPS) is 36.6. The van der Waals surface area contributed by atoms with E-state index >= 15 is 0 Å². The lowest BCUT2D eigenvalue weighted by Crippen LogP contribution is -2.55. The molecule has 102 valence electrons. The summed E-state index contributed by atoms with van der Waals surface area (Å²) in [6.45, 7) is 4.69. The van der Waals surface area contributed by atoms with Crippen molar-refractivity contribution in [2.24, 2.45) is 23.0 Å². The fourth-order valence-corrected chi connectivity index (χ4v) is 6.04. The lowest BCUT2D eigenvalue weighted by Gasteiger charge is -2.50. The van der Waals surface area contributed by atoms with Crippen LogP contribution in [0.5, 0.6) is 0 Å². The van der Waals surface area contributed by atoms with E-state index in [2.05, 4.69) is 31.4 Å². The minimum absolute atomic E-state index is 0. The monoisotopic (exact) mass is 285 g/mol. The number of hydrogen-bond acceptors (Lipinski definition) is 2. The number of thiophene rings is 1. The summed E-state index contributed by atoms with van der Waals surface area (Å²) in [6.07, 6.45) is 6.60. The predicted molar refractivity (Wildman–Crippen MR) is 81.3 cm³/mol. The van der Waals surface area contributed by atoms with Crippen LogP contribution in [0.1, 0.15) is 50.8 Å². The van der Waals surface area contributed by atoms with Crippen molar-refractivity contribution < 1.29 is 0 Å². The molecule has 0 spiro atoms. The zero-order chi connectivity index (χ0) is 12.1. The second kappa shape index (κ2) is 4.81. The lowest BCUT2D eigenvalue weighted by molar-refractivity contribution is 0.0380. The van der Waals surface area contributed by atoms with Crippen LogP contribution in [0.25, 0.3) is 0 Å². The van der Waals surface area contributed by atoms with Gasteiger partial charge in [-0.15, -0.1) is 23.7 Å². The largest absolute Gasteiger partial charge is 0.320 e. The Balaban J connectivity index is 0.00000120. The summed E-state index contributed by atoms with van der Waals surface area (Å²) in [6, 6.07) is 4.43. The molecule has 2 aliphatic rings. The summed E-state index contributed by atoms with van der Waals surface area (Å²) in [5.74, 6) is 1.60. The summed E-state index contributed by atoms with van der Waals surface area (Å²) in [5, 5.41) is 2.19. The van der Waals surface area contributed by atoms with E-state index in [4.69, 9.17) is 5.73 Å². The average molecular weight is 286 g/mol. The van der Waals surface area contributed by atoms with Crippen molar-refractivity contribution in [3.05, 3.63) is 22.4 Å². The van der Waals surface area contributed by atoms with Gasteiger partial charge in [0.1, 0.15) is 0 Å². The Morgan fingerprint density at radius 3 is 2.50 bits per heavy atom. The fraction of sp³-hybridized carbons (Fsp3) is 0.733. The van der Waals surface area contributed by atoms with Gasteiger partial charge >= 0.3 is 0 Å². The van der Waals surface area contributed by atoms with Crippen LogP contribution in [0.3, 0.4) is 0 Å². The van der Waals surface area contributed by atoms with Crippen LogP contribution in [0.15, 0.2) is 17.5 Å². The molecule has 0 radical (unpaired) electrons. The average Bonchev–Trinajstić information content (AvgIpc) is 3.06. The van der Waals surface area contributed by atoms with E-state index in [9.17, 15) is 0 Å². The zero-order valence-electron chi connectivity index (χ0n) is 11.3. The van der Waals surface area contributed by atoms with Gasteiger partial charge in [0.15, 0.2) is 0 Å². The highest BCUT2D eigenvalue weighted by Gasteiger charge is 2.64. The van der Waals surface area contributed by atoms with E-state index in [1.54, 1.807) is 0 Å². The molecule has 1 aromatic rings. The van der Waals surface area contributed by atoms with Crippen molar-refractivity contribution in [2.75, 3.05) is 0 Å². The van der Waals surface area contributed by atoms with Crippen molar-refractivity contribution in [2.45, 2.75) is 51.5 Å². The molecule has 1 heterocycles. The molecule has 2 N–H and O–H groups in total. The van der Waals surface area contributed by atoms with Gasteiger partial charge in [-0.1, -0.05) is 19.9 Å². The maximum absolute atomic E-state index is 7.02. The van der Waals surface area contributed by atoms with Crippen LogP contribution in [0.4, 0.5) is 0 Å². The van der Waals surface area contributed by atoms with Gasteiger partial charge in [0.25, 0.3) is 0 Å². The maximum Gasteiger partial charge on any atom is 0.0591 e. The Labute approximate surface area is 121 Å². The quantitative estimate of drug-likeness (QED) is 0.865. The van der Waals surface area contributed by atoms with Gasteiger partial charge in [0, 0.05) is 4.88 Å². The van der Waals surface area contributed by atoms with Crippen LogP contribution < -0.4 is 5.73 Å². The van der Waals surface area contributed by atoms with Crippen LogP contribution in [0.2, 0.25) is 0 Å². The Morgan fingerprint density at radius 1 is 1.28 bits per heavy atom. The summed E-state index contributed by atoms with van der Waals surface area (Å²) < 4.78 is 0. The standard InChI is InChI=1S/C15H23NS.ClH/c1-3-14(4-2)11-7-8-12(10-11)15(14,16)13-6-5-9-17-13;/h5-6,9,11-12H,3-4,7-8,10,16H2,1-2H3;1H/t11-,12+,15-;/m0./s1. The molecule has 0 aliphatic heterocycles. The third kappa shape index (κ3) is 1.49. The van der Waals surface area contributed by atoms with Crippen molar-refractivity contribution in [3.63, 3.8) is 0 Å². The molecule has 2 saturated carbocycles. The first kappa shape index (κ1) is 14.4. The van der Waals surface area contributed by atoms with Gasteiger partial charge < -0.3 is 5.73 Å². The molecule has 0 aromatic carbocycles. The molecular formula is C15H24ClNS. The van der Waals surface area contributed by atoms with Crippen molar-refractivity contribution in [3.8, 4) is 0 Å². The van der Waals surface area contributed by atoms with Crippen molar-refractivity contribution in [1.82, 2.24) is 0 Å². The number of hydrogen-bond donors (Lipinski definition) is 1. The zero-order valence-corrected chi connectivity index (χ0v) is 12.9. The molecule has 0 saturated heterocycles. The molecule has 1 aromatic heterocycles. The summed E-state index contributed by atoms with van der Waals surface area (Å²) >= 11 is 1.87. The highest BCUT2D eigenvalue weighted by molar-refractivity contribution is 7.10. The third-order valence-electron chi connectivity index (χ3n) is 5.87. The van der Waals surface area contributed by atoms with E-state index in [1.165, 1.54) is 37.0 Å². The van der Waals surface area contributed by atoms with E-state index in [0.29, 0.717) is 5.41 Å². The molecule has 3 rings (SSSR count). The van der Waals surface area contributed by atoms with Gasteiger partial charge in [-0.3, -0.25) is 0 Å². The molecule has 3 atom stereocenters. The van der Waals surface area contributed by atoms with Crippen LogP contribution in [-0.2, 0) is 5.54 Å². The first-order valence-corrected chi connectivity index (χ1v) is 7.90. The number of fused-ring (bicyclic) bond motifs is 2. The molecule has 0 amide bonds. The second-order valence-electron chi connectivity index (χ2n) is 5.92. The fourth-order valence-electron chi connectivity index (χ4n) is 5.01. The lowest BCUT2D eigenvalue weighted by atomic mass is 9.58. The first-order chi connectivity index (χ1) is 8.19. The van der Waals surface area contributed by atoms with Crippen LogP contribution in [0, 0.1) is 17.3 Å².